The Morgan fingerprint density at radius 2 is 1.40 bits per heavy atom. The predicted octanol–water partition coefficient (Wildman–Crippen LogP) is 6.63. The Morgan fingerprint density at radius 1 is 0.767 bits per heavy atom. The first kappa shape index (κ1) is 20.1. The third-order valence-electron chi connectivity index (χ3n) is 5.50. The fourth-order valence-corrected chi connectivity index (χ4v) is 5.11. The molecule has 0 amide bonds. The van der Waals surface area contributed by atoms with E-state index in [1.54, 1.807) is 0 Å². The summed E-state index contributed by atoms with van der Waals surface area (Å²) in [6.07, 6.45) is -0.513. The van der Waals surface area contributed by atoms with E-state index in [-0.39, 0.29) is 0 Å². The van der Waals surface area contributed by atoms with E-state index in [0.717, 1.165) is 16.7 Å². The van der Waals surface area contributed by atoms with Gasteiger partial charge in [0.1, 0.15) is 0 Å². The standard InChI is InChI=1S/C25H20I2N2O/c26-17-8-10-24-21(12-17)22-13-18(27)9-11-25(22)29(24)15-19(30)14-28-23-7-3-5-16-4-1-2-6-20(16)23/h1-13,19,28,30H,14-15H2. The van der Waals surface area contributed by atoms with E-state index in [1.165, 1.54) is 28.7 Å². The van der Waals surface area contributed by atoms with Gasteiger partial charge in [-0.3, -0.25) is 0 Å². The van der Waals surface area contributed by atoms with Crippen LogP contribution in [0.3, 0.4) is 0 Å². The van der Waals surface area contributed by atoms with E-state index < -0.39 is 6.10 Å². The first-order valence-electron chi connectivity index (χ1n) is 9.87. The summed E-state index contributed by atoms with van der Waals surface area (Å²) in [7, 11) is 0. The highest BCUT2D eigenvalue weighted by molar-refractivity contribution is 14.1. The van der Waals surface area contributed by atoms with Crippen LogP contribution in [0.5, 0.6) is 0 Å². The van der Waals surface area contributed by atoms with Gasteiger partial charge in [0.05, 0.1) is 12.6 Å². The van der Waals surface area contributed by atoms with Crippen molar-refractivity contribution in [1.29, 1.82) is 0 Å². The minimum Gasteiger partial charge on any atom is -0.389 e. The van der Waals surface area contributed by atoms with Crippen LogP contribution in [-0.2, 0) is 6.54 Å². The third kappa shape index (κ3) is 3.78. The second kappa shape index (κ2) is 8.36. The molecule has 0 saturated carbocycles. The molecule has 0 aliphatic heterocycles. The molecule has 1 aromatic heterocycles. The average molecular weight is 618 g/mol. The van der Waals surface area contributed by atoms with Gasteiger partial charge >= 0.3 is 0 Å². The molecule has 1 heterocycles. The van der Waals surface area contributed by atoms with Crippen molar-refractivity contribution < 1.29 is 5.11 Å². The zero-order valence-electron chi connectivity index (χ0n) is 16.1. The van der Waals surface area contributed by atoms with E-state index in [4.69, 9.17) is 0 Å². The summed E-state index contributed by atoms with van der Waals surface area (Å²) < 4.78 is 4.68. The van der Waals surface area contributed by atoms with E-state index >= 15 is 0 Å². The zero-order chi connectivity index (χ0) is 20.7. The van der Waals surface area contributed by atoms with Gasteiger partial charge in [0, 0.05) is 46.6 Å². The number of halogens is 2. The molecule has 0 aliphatic rings. The molecule has 0 bridgehead atoms. The Kier molecular flexibility index (Phi) is 5.59. The van der Waals surface area contributed by atoms with E-state index in [0.29, 0.717) is 13.1 Å². The number of aliphatic hydroxyl groups excluding tert-OH is 1. The molecule has 1 atom stereocenters. The normalized spacial score (nSPS) is 12.6. The Bertz CT molecular complexity index is 1310. The molecule has 0 aliphatic carbocycles. The number of benzene rings is 4. The van der Waals surface area contributed by atoms with Crippen LogP contribution in [0.25, 0.3) is 32.6 Å². The fourth-order valence-electron chi connectivity index (χ4n) is 4.13. The quantitative estimate of drug-likeness (QED) is 0.217. The Labute approximate surface area is 202 Å². The molecule has 0 fully saturated rings. The van der Waals surface area contributed by atoms with Crippen molar-refractivity contribution in [3.8, 4) is 0 Å². The Balaban J connectivity index is 1.45. The lowest BCUT2D eigenvalue weighted by Crippen LogP contribution is -2.24. The molecule has 3 nitrogen and oxygen atoms in total. The number of nitrogens with zero attached hydrogens (tertiary/aromatic N) is 1. The number of aliphatic hydroxyl groups is 1. The van der Waals surface area contributed by atoms with Crippen LogP contribution in [0.2, 0.25) is 0 Å². The molecule has 5 rings (SSSR count). The number of hydrogen-bond donors (Lipinski definition) is 2. The summed E-state index contributed by atoms with van der Waals surface area (Å²) in [4.78, 5) is 0. The largest absolute Gasteiger partial charge is 0.389 e. The number of nitrogens with one attached hydrogen (secondary N) is 1. The monoisotopic (exact) mass is 618 g/mol. The summed E-state index contributed by atoms with van der Waals surface area (Å²) >= 11 is 4.72. The summed E-state index contributed by atoms with van der Waals surface area (Å²) in [6, 6.07) is 27.6. The van der Waals surface area contributed by atoms with Crippen LogP contribution in [0.15, 0.2) is 78.9 Å². The predicted molar refractivity (Wildman–Crippen MR) is 143 cm³/mol. The van der Waals surface area contributed by atoms with Crippen LogP contribution in [0.4, 0.5) is 5.69 Å². The molecule has 150 valence electrons. The highest BCUT2D eigenvalue weighted by Crippen LogP contribution is 2.32. The second-order valence-electron chi connectivity index (χ2n) is 7.49. The Hall–Kier alpha value is -1.84. The van der Waals surface area contributed by atoms with Crippen molar-refractivity contribution in [2.75, 3.05) is 11.9 Å². The summed E-state index contributed by atoms with van der Waals surface area (Å²) in [5, 5.41) is 19.2. The third-order valence-corrected chi connectivity index (χ3v) is 6.84. The van der Waals surface area contributed by atoms with Crippen LogP contribution < -0.4 is 5.32 Å². The van der Waals surface area contributed by atoms with Gasteiger partial charge < -0.3 is 15.0 Å². The number of aromatic nitrogens is 1. The SMILES string of the molecule is OC(CNc1cccc2ccccc12)Cn1c2ccc(I)cc2c2cc(I)ccc21. The molecule has 0 radical (unpaired) electrons. The van der Waals surface area contributed by atoms with Crippen LogP contribution in [0.1, 0.15) is 0 Å². The number of fused-ring (bicyclic) bond motifs is 4. The lowest BCUT2D eigenvalue weighted by molar-refractivity contribution is 0.169. The molecule has 5 heteroatoms. The van der Waals surface area contributed by atoms with Crippen LogP contribution in [-0.4, -0.2) is 22.3 Å². The minimum atomic E-state index is -0.513. The van der Waals surface area contributed by atoms with E-state index in [1.807, 2.05) is 18.2 Å². The molecule has 30 heavy (non-hydrogen) atoms. The van der Waals surface area contributed by atoms with Gasteiger partial charge in [-0.2, -0.15) is 0 Å². The highest BCUT2D eigenvalue weighted by Gasteiger charge is 2.15. The fraction of sp³-hybridized carbons (Fsp3) is 0.120. The first-order valence-corrected chi connectivity index (χ1v) is 12.0. The van der Waals surface area contributed by atoms with Gasteiger partial charge in [0.25, 0.3) is 0 Å². The Morgan fingerprint density at radius 3 is 2.10 bits per heavy atom. The molecule has 2 N–H and O–H groups in total. The van der Waals surface area contributed by atoms with Gasteiger partial charge in [-0.25, -0.2) is 0 Å². The maximum Gasteiger partial charge on any atom is 0.0891 e. The molecular weight excluding hydrogens is 598 g/mol. The number of rotatable bonds is 5. The van der Waals surface area contributed by atoms with Crippen LogP contribution in [0, 0.1) is 7.14 Å². The molecule has 1 unspecified atom stereocenters. The topological polar surface area (TPSA) is 37.2 Å². The van der Waals surface area contributed by atoms with Crippen molar-refractivity contribution >= 4 is 83.4 Å². The zero-order valence-corrected chi connectivity index (χ0v) is 20.5. The van der Waals surface area contributed by atoms with Crippen molar-refractivity contribution in [3.63, 3.8) is 0 Å². The summed E-state index contributed by atoms with van der Waals surface area (Å²) in [5.74, 6) is 0. The summed E-state index contributed by atoms with van der Waals surface area (Å²) in [6.45, 7) is 1.03. The maximum absolute atomic E-state index is 10.9. The first-order chi connectivity index (χ1) is 14.6. The highest BCUT2D eigenvalue weighted by atomic mass is 127. The molecule has 0 spiro atoms. The van der Waals surface area contributed by atoms with Gasteiger partial charge in [-0.15, -0.1) is 0 Å². The van der Waals surface area contributed by atoms with Crippen molar-refractivity contribution in [3.05, 3.63) is 86.0 Å². The van der Waals surface area contributed by atoms with Crippen molar-refractivity contribution in [1.82, 2.24) is 4.57 Å². The molecule has 4 aromatic carbocycles. The van der Waals surface area contributed by atoms with Gasteiger partial charge in [0.2, 0.25) is 0 Å². The second-order valence-corrected chi connectivity index (χ2v) is 9.99. The van der Waals surface area contributed by atoms with Crippen molar-refractivity contribution in [2.45, 2.75) is 12.6 Å². The van der Waals surface area contributed by atoms with E-state index in [9.17, 15) is 5.11 Å². The van der Waals surface area contributed by atoms with Gasteiger partial charge in [0.15, 0.2) is 0 Å². The number of anilines is 1. The van der Waals surface area contributed by atoms with E-state index in [2.05, 4.69) is 116 Å². The smallest absolute Gasteiger partial charge is 0.0891 e. The lowest BCUT2D eigenvalue weighted by Gasteiger charge is -2.16. The summed E-state index contributed by atoms with van der Waals surface area (Å²) in [5.41, 5.74) is 3.38. The maximum atomic E-state index is 10.9. The minimum absolute atomic E-state index is 0.490. The lowest BCUT2D eigenvalue weighted by atomic mass is 10.1. The van der Waals surface area contributed by atoms with Crippen LogP contribution >= 0.6 is 45.2 Å². The number of hydrogen-bond acceptors (Lipinski definition) is 2. The molecule has 5 aromatic rings. The molecular formula is C25H20I2N2O. The van der Waals surface area contributed by atoms with Crippen molar-refractivity contribution in [2.24, 2.45) is 0 Å². The van der Waals surface area contributed by atoms with Gasteiger partial charge in [-0.1, -0.05) is 36.4 Å². The molecule has 0 saturated heterocycles. The average Bonchev–Trinajstić information content (AvgIpc) is 3.04. The van der Waals surface area contributed by atoms with Gasteiger partial charge in [-0.05, 0) is 93.0 Å².